The molecule has 0 radical (unpaired) electrons. The molecular formula is C10H14N4OSe2. The van der Waals surface area contributed by atoms with E-state index < -0.39 is 0 Å². The molecule has 0 aromatic carbocycles. The van der Waals surface area contributed by atoms with Gasteiger partial charge in [-0.25, -0.2) is 0 Å². The van der Waals surface area contributed by atoms with E-state index in [0.29, 0.717) is 5.71 Å². The summed E-state index contributed by atoms with van der Waals surface area (Å²) >= 11 is 0.348. The van der Waals surface area contributed by atoms with E-state index in [-0.39, 0.29) is 36.4 Å². The Morgan fingerprint density at radius 1 is 1.41 bits per heavy atom. The number of aromatic nitrogens is 1. The minimum atomic E-state index is -0.134. The molecule has 2 amide bonds. The first-order valence-electron chi connectivity index (χ1n) is 4.83. The summed E-state index contributed by atoms with van der Waals surface area (Å²) in [6, 6.07) is 5.46. The topological polar surface area (TPSA) is 57.6 Å². The van der Waals surface area contributed by atoms with Gasteiger partial charge in [0.1, 0.15) is 0 Å². The third kappa shape index (κ3) is 4.48. The number of carbonyl (C=O) groups excluding carboxylic acids is 1. The van der Waals surface area contributed by atoms with Crippen LogP contribution < -0.4 is 5.43 Å². The third-order valence-corrected chi connectivity index (χ3v) is 7.19. The molecule has 1 aromatic rings. The predicted octanol–water partition coefficient (Wildman–Crippen LogP) is 1.15. The van der Waals surface area contributed by atoms with Crippen LogP contribution in [0.3, 0.4) is 0 Å². The van der Waals surface area contributed by atoms with Crippen LogP contribution in [0.15, 0.2) is 29.5 Å². The van der Waals surface area contributed by atoms with Crippen molar-refractivity contribution in [1.82, 2.24) is 13.3 Å². The van der Waals surface area contributed by atoms with Crippen molar-refractivity contribution in [2.45, 2.75) is 18.6 Å². The van der Waals surface area contributed by atoms with E-state index in [2.05, 4.69) is 15.5 Å². The molecule has 7 heteroatoms. The first kappa shape index (κ1) is 14.2. The molecule has 0 aliphatic rings. The monoisotopic (exact) mass is 366 g/mol. The van der Waals surface area contributed by atoms with Crippen LogP contribution in [0.25, 0.3) is 0 Å². The molecule has 0 aliphatic carbocycles. The predicted molar refractivity (Wildman–Crippen MR) is 70.1 cm³/mol. The number of nitrogens with one attached hydrogen (secondary N) is 1. The first-order chi connectivity index (χ1) is 8.19. The van der Waals surface area contributed by atoms with Gasteiger partial charge in [0.15, 0.2) is 0 Å². The summed E-state index contributed by atoms with van der Waals surface area (Å²) in [5, 5.41) is 4.04. The maximum atomic E-state index is 11.7. The number of urea groups is 1. The number of hydrogen-bond acceptors (Lipinski definition) is 3. The fourth-order valence-electron chi connectivity index (χ4n) is 1.05. The number of nitrogens with zero attached hydrogens (tertiary/aromatic N) is 3. The van der Waals surface area contributed by atoms with Crippen LogP contribution in [-0.4, -0.2) is 50.0 Å². The second-order valence-corrected chi connectivity index (χ2v) is 7.19. The quantitative estimate of drug-likeness (QED) is 0.495. The van der Waals surface area contributed by atoms with Gasteiger partial charge >= 0.3 is 114 Å². The molecule has 1 rings (SSSR count). The summed E-state index contributed by atoms with van der Waals surface area (Å²) in [5.74, 6) is 4.01. The Labute approximate surface area is 114 Å². The van der Waals surface area contributed by atoms with Gasteiger partial charge in [-0.3, -0.25) is 0 Å². The number of pyridine rings is 1. The number of hydrazone groups is 1. The molecule has 0 saturated carbocycles. The van der Waals surface area contributed by atoms with Crippen LogP contribution in [0.5, 0.6) is 0 Å². The molecule has 0 atom stereocenters. The van der Waals surface area contributed by atoms with E-state index in [0.717, 1.165) is 5.69 Å². The van der Waals surface area contributed by atoms with Gasteiger partial charge in [-0.15, -0.1) is 0 Å². The zero-order valence-corrected chi connectivity index (χ0v) is 13.3. The van der Waals surface area contributed by atoms with E-state index in [1.807, 2.05) is 36.8 Å². The van der Waals surface area contributed by atoms with Gasteiger partial charge in [-0.05, 0) is 0 Å². The van der Waals surface area contributed by atoms with E-state index in [1.165, 1.54) is 0 Å². The van der Waals surface area contributed by atoms with Crippen LogP contribution in [0.1, 0.15) is 12.6 Å². The maximum absolute atomic E-state index is 11.7. The van der Waals surface area contributed by atoms with E-state index in [1.54, 1.807) is 9.13 Å². The van der Waals surface area contributed by atoms with Crippen LogP contribution in [0.2, 0.25) is 11.6 Å². The Morgan fingerprint density at radius 2 is 2.12 bits per heavy atom. The molecule has 0 saturated heterocycles. The SMILES string of the molecule is C[Se]N([Se]C)C(=O)N/N=C(/C)c1ccccn1. The Bertz CT molecular complexity index is 393. The molecule has 1 N–H and O–H groups in total. The van der Waals surface area contributed by atoms with Crippen LogP contribution >= 0.6 is 0 Å². The second kappa shape index (κ2) is 7.45. The molecule has 1 heterocycles. The number of rotatable bonds is 4. The van der Waals surface area contributed by atoms with E-state index in [9.17, 15) is 4.79 Å². The number of carbonyl (C=O) groups is 1. The van der Waals surface area contributed by atoms with Crippen molar-refractivity contribution in [3.05, 3.63) is 30.1 Å². The van der Waals surface area contributed by atoms with Gasteiger partial charge in [-0.2, -0.15) is 0 Å². The Hall–Kier alpha value is -0.871. The summed E-state index contributed by atoms with van der Waals surface area (Å²) in [5.41, 5.74) is 4.02. The second-order valence-electron chi connectivity index (χ2n) is 2.95. The van der Waals surface area contributed by atoms with Gasteiger partial charge in [0.2, 0.25) is 0 Å². The van der Waals surface area contributed by atoms with Gasteiger partial charge < -0.3 is 0 Å². The summed E-state index contributed by atoms with van der Waals surface area (Å²) < 4.78 is 1.79. The average Bonchev–Trinajstić information content (AvgIpc) is 2.38. The number of amides is 2. The molecule has 5 nitrogen and oxygen atoms in total. The Kier molecular flexibility index (Phi) is 6.22. The summed E-state index contributed by atoms with van der Waals surface area (Å²) in [7, 11) is 0. The molecule has 17 heavy (non-hydrogen) atoms. The van der Waals surface area contributed by atoms with Crippen molar-refractivity contribution in [3.63, 3.8) is 0 Å². The van der Waals surface area contributed by atoms with Crippen molar-refractivity contribution in [2.24, 2.45) is 5.10 Å². The van der Waals surface area contributed by atoms with E-state index in [4.69, 9.17) is 0 Å². The average molecular weight is 364 g/mol. The third-order valence-electron chi connectivity index (χ3n) is 1.85. The Morgan fingerprint density at radius 3 is 2.65 bits per heavy atom. The van der Waals surface area contributed by atoms with Gasteiger partial charge in [0.05, 0.1) is 0 Å². The molecular weight excluding hydrogens is 350 g/mol. The Balaban J connectivity index is 2.62. The standard InChI is InChI=1S/C10H14N4OSe2/c1-8(9-6-4-5-7-11-9)12-13-10(15)14(16-2)17-3/h4-7H,1-3H3,(H,13,15)/b12-8-. The molecule has 0 fully saturated rings. The summed E-state index contributed by atoms with van der Waals surface area (Å²) in [4.78, 5) is 15.8. The number of hydrogen-bond donors (Lipinski definition) is 1. The van der Waals surface area contributed by atoms with Gasteiger partial charge in [-0.1, -0.05) is 0 Å². The molecule has 0 unspecified atom stereocenters. The van der Waals surface area contributed by atoms with Crippen molar-refractivity contribution < 1.29 is 4.79 Å². The van der Waals surface area contributed by atoms with Crippen molar-refractivity contribution >= 4 is 42.1 Å². The molecule has 0 spiro atoms. The van der Waals surface area contributed by atoms with Gasteiger partial charge in [0, 0.05) is 0 Å². The van der Waals surface area contributed by atoms with Crippen molar-refractivity contribution in [2.75, 3.05) is 0 Å². The zero-order chi connectivity index (χ0) is 12.7. The van der Waals surface area contributed by atoms with Crippen LogP contribution in [0, 0.1) is 0 Å². The van der Waals surface area contributed by atoms with Crippen LogP contribution in [0.4, 0.5) is 4.79 Å². The fraction of sp³-hybridized carbons (Fsp3) is 0.300. The molecule has 1 aromatic heterocycles. The van der Waals surface area contributed by atoms with Gasteiger partial charge in [0.25, 0.3) is 0 Å². The van der Waals surface area contributed by atoms with Crippen LogP contribution in [-0.2, 0) is 0 Å². The fourth-order valence-corrected chi connectivity index (χ4v) is 3.85. The minimum absolute atomic E-state index is 0.134. The zero-order valence-electron chi connectivity index (χ0n) is 9.88. The first-order valence-corrected chi connectivity index (χ1v) is 9.79. The summed E-state index contributed by atoms with van der Waals surface area (Å²) in [6.07, 6.45) is 1.70. The normalized spacial score (nSPS) is 11.1. The molecule has 0 aliphatic heterocycles. The molecule has 0 bridgehead atoms. The molecule has 92 valence electrons. The van der Waals surface area contributed by atoms with Crippen molar-refractivity contribution in [3.8, 4) is 0 Å². The van der Waals surface area contributed by atoms with E-state index >= 15 is 0 Å². The summed E-state index contributed by atoms with van der Waals surface area (Å²) in [6.45, 7) is 1.82. The van der Waals surface area contributed by atoms with Crippen molar-refractivity contribution in [1.29, 1.82) is 0 Å².